The molecule has 0 bridgehead atoms. The van der Waals surface area contributed by atoms with Crippen molar-refractivity contribution in [2.45, 2.75) is 19.9 Å². The second-order valence-corrected chi connectivity index (χ2v) is 14.6. The van der Waals surface area contributed by atoms with Crippen LogP contribution in [0.5, 0.6) is 0 Å². The standard InChI is InChI=1S/C37H33FN6O4S/c1-21-9-11-22(12-10-21)36-34(37(45)39-2)25-17-24(30(19-32(25)48-36)42(3)49(4,46)47)27-13-14-28-35(41-27)31-18-23-26(38)7-5-8-29(23)44(31)33(40-28)20-43-15-6-16-43/h5,7-14,17-19H,6,15-16,20H2,1-4H3,(H,39,45). The van der Waals surface area contributed by atoms with Crippen LogP contribution in [0.2, 0.25) is 0 Å². The largest absolute Gasteiger partial charge is 0.455 e. The molecule has 0 unspecified atom stereocenters. The van der Waals surface area contributed by atoms with Crippen LogP contribution in [-0.2, 0) is 16.6 Å². The Morgan fingerprint density at radius 1 is 1.00 bits per heavy atom. The van der Waals surface area contributed by atoms with E-state index < -0.39 is 10.0 Å². The molecular weight excluding hydrogens is 644 g/mol. The van der Waals surface area contributed by atoms with E-state index in [-0.39, 0.29) is 11.7 Å². The number of benzene rings is 3. The highest BCUT2D eigenvalue weighted by atomic mass is 32.2. The number of likely N-dealkylation sites (tertiary alicyclic amines) is 1. The van der Waals surface area contributed by atoms with Crippen LogP contribution in [0, 0.1) is 12.7 Å². The van der Waals surface area contributed by atoms with Gasteiger partial charge in [-0.15, -0.1) is 0 Å². The highest BCUT2D eigenvalue weighted by Gasteiger charge is 2.27. The van der Waals surface area contributed by atoms with Crippen molar-refractivity contribution in [3.8, 4) is 22.6 Å². The lowest BCUT2D eigenvalue weighted by Crippen LogP contribution is -2.37. The first-order chi connectivity index (χ1) is 23.5. The maximum absolute atomic E-state index is 15.2. The molecule has 248 valence electrons. The number of aryl methyl sites for hydroxylation is 1. The van der Waals surface area contributed by atoms with Gasteiger partial charge in [0, 0.05) is 42.1 Å². The molecule has 10 nitrogen and oxygen atoms in total. The SMILES string of the molecule is CNC(=O)c1c(-c2ccc(C)cc2)oc2cc(N(C)S(C)(=O)=O)c(-c3ccc4nc(CN5CCC5)n5c6cccc(F)c6cc5c4n3)cc12. The molecule has 1 aliphatic heterocycles. The van der Waals surface area contributed by atoms with E-state index in [4.69, 9.17) is 14.4 Å². The van der Waals surface area contributed by atoms with E-state index in [1.54, 1.807) is 37.4 Å². The minimum atomic E-state index is -3.73. The zero-order valence-corrected chi connectivity index (χ0v) is 28.2. The number of aromatic nitrogens is 3. The van der Waals surface area contributed by atoms with Gasteiger partial charge in [-0.2, -0.15) is 0 Å². The van der Waals surface area contributed by atoms with Crippen molar-refractivity contribution < 1.29 is 22.0 Å². The maximum Gasteiger partial charge on any atom is 0.255 e. The van der Waals surface area contributed by atoms with Crippen LogP contribution in [0.3, 0.4) is 0 Å². The maximum atomic E-state index is 15.2. The summed E-state index contributed by atoms with van der Waals surface area (Å²) < 4.78 is 50.5. The molecule has 0 saturated carbocycles. The number of pyridine rings is 1. The van der Waals surface area contributed by atoms with E-state index in [1.165, 1.54) is 17.4 Å². The van der Waals surface area contributed by atoms with Gasteiger partial charge < -0.3 is 9.73 Å². The van der Waals surface area contributed by atoms with Gasteiger partial charge in [0.15, 0.2) is 0 Å². The summed E-state index contributed by atoms with van der Waals surface area (Å²) >= 11 is 0. The summed E-state index contributed by atoms with van der Waals surface area (Å²) in [5.74, 6) is 0.467. The van der Waals surface area contributed by atoms with E-state index in [0.29, 0.717) is 78.8 Å². The predicted octanol–water partition coefficient (Wildman–Crippen LogP) is 6.52. The van der Waals surface area contributed by atoms with Gasteiger partial charge in [-0.3, -0.25) is 18.4 Å². The number of carbonyl (C=O) groups is 1. The molecule has 49 heavy (non-hydrogen) atoms. The number of hydrogen-bond acceptors (Lipinski definition) is 7. The highest BCUT2D eigenvalue weighted by molar-refractivity contribution is 7.92. The minimum Gasteiger partial charge on any atom is -0.455 e. The number of halogens is 1. The summed E-state index contributed by atoms with van der Waals surface area (Å²) in [4.78, 5) is 25.8. The molecule has 1 saturated heterocycles. The quantitative estimate of drug-likeness (QED) is 0.205. The Labute approximate surface area is 281 Å². The number of furan rings is 1. The zero-order chi connectivity index (χ0) is 34.2. The third kappa shape index (κ3) is 5.10. The zero-order valence-electron chi connectivity index (χ0n) is 27.4. The van der Waals surface area contributed by atoms with Gasteiger partial charge in [-0.1, -0.05) is 35.9 Å². The number of hydrogen-bond donors (Lipinski definition) is 1. The molecule has 7 aromatic rings. The second kappa shape index (κ2) is 11.4. The van der Waals surface area contributed by atoms with Crippen molar-refractivity contribution in [2.24, 2.45) is 0 Å². The van der Waals surface area contributed by atoms with Crippen molar-refractivity contribution in [2.75, 3.05) is 37.7 Å². The first-order valence-corrected chi connectivity index (χ1v) is 17.8. The summed E-state index contributed by atoms with van der Waals surface area (Å²) in [7, 11) is -0.709. The number of rotatable bonds is 7. The number of sulfonamides is 1. The van der Waals surface area contributed by atoms with E-state index in [0.717, 1.165) is 37.2 Å². The Bertz CT molecular complexity index is 2590. The Balaban J connectivity index is 1.41. The van der Waals surface area contributed by atoms with Gasteiger partial charge >= 0.3 is 0 Å². The third-order valence-electron chi connectivity index (χ3n) is 9.42. The van der Waals surface area contributed by atoms with Gasteiger partial charge in [0.2, 0.25) is 10.0 Å². The second-order valence-electron chi connectivity index (χ2n) is 12.6. The molecule has 5 heterocycles. The van der Waals surface area contributed by atoms with Crippen molar-refractivity contribution in [3.63, 3.8) is 0 Å². The van der Waals surface area contributed by atoms with Gasteiger partial charge in [-0.05, 0) is 62.8 Å². The van der Waals surface area contributed by atoms with Crippen LogP contribution in [0.25, 0.3) is 61.0 Å². The molecular formula is C37H33FN6O4S. The Morgan fingerprint density at radius 3 is 2.47 bits per heavy atom. The Hall–Kier alpha value is -5.33. The summed E-state index contributed by atoms with van der Waals surface area (Å²) in [6, 6.07) is 21.5. The first-order valence-electron chi connectivity index (χ1n) is 16.0. The summed E-state index contributed by atoms with van der Waals surface area (Å²) in [6.07, 6.45) is 2.25. The fraction of sp³-hybridized carbons (Fsp3) is 0.216. The molecule has 1 aliphatic rings. The molecule has 12 heteroatoms. The lowest BCUT2D eigenvalue weighted by Gasteiger charge is -2.30. The van der Waals surface area contributed by atoms with Crippen LogP contribution < -0.4 is 9.62 Å². The Kier molecular flexibility index (Phi) is 7.20. The predicted molar refractivity (Wildman–Crippen MR) is 190 cm³/mol. The van der Waals surface area contributed by atoms with E-state index in [9.17, 15) is 13.2 Å². The number of carbonyl (C=O) groups excluding carboxylic acids is 1. The van der Waals surface area contributed by atoms with Crippen LogP contribution in [0.4, 0.5) is 10.1 Å². The van der Waals surface area contributed by atoms with Gasteiger partial charge in [0.05, 0.1) is 46.3 Å². The summed E-state index contributed by atoms with van der Waals surface area (Å²) in [5.41, 5.74) is 6.22. The molecule has 8 rings (SSSR count). The highest BCUT2D eigenvalue weighted by Crippen LogP contribution is 2.41. The average molecular weight is 677 g/mol. The smallest absolute Gasteiger partial charge is 0.255 e. The molecule has 1 fully saturated rings. The van der Waals surface area contributed by atoms with Crippen LogP contribution in [0.1, 0.15) is 28.2 Å². The topological polar surface area (TPSA) is 113 Å². The van der Waals surface area contributed by atoms with Gasteiger partial charge in [0.25, 0.3) is 5.91 Å². The first kappa shape index (κ1) is 31.0. The molecule has 0 spiro atoms. The molecule has 1 N–H and O–H groups in total. The third-order valence-corrected chi connectivity index (χ3v) is 10.6. The number of nitrogens with zero attached hydrogens (tertiary/aromatic N) is 5. The summed E-state index contributed by atoms with van der Waals surface area (Å²) in [6.45, 7) is 4.54. The molecule has 0 radical (unpaired) electrons. The Morgan fingerprint density at radius 2 is 1.78 bits per heavy atom. The van der Waals surface area contributed by atoms with Crippen molar-refractivity contribution in [1.82, 2.24) is 24.6 Å². The van der Waals surface area contributed by atoms with Crippen LogP contribution >= 0.6 is 0 Å². The number of amides is 1. The van der Waals surface area contributed by atoms with Gasteiger partial charge in [-0.25, -0.2) is 22.8 Å². The molecule has 0 atom stereocenters. The fourth-order valence-corrected chi connectivity index (χ4v) is 7.11. The monoisotopic (exact) mass is 676 g/mol. The average Bonchev–Trinajstić information content (AvgIpc) is 3.65. The normalized spacial score (nSPS) is 13.8. The van der Waals surface area contributed by atoms with Crippen molar-refractivity contribution in [1.29, 1.82) is 0 Å². The minimum absolute atomic E-state index is 0.319. The van der Waals surface area contributed by atoms with Crippen molar-refractivity contribution in [3.05, 3.63) is 95.6 Å². The van der Waals surface area contributed by atoms with E-state index >= 15 is 4.39 Å². The number of anilines is 1. The van der Waals surface area contributed by atoms with Crippen LogP contribution in [-0.4, -0.2) is 67.0 Å². The number of nitrogens with one attached hydrogen (secondary N) is 1. The molecule has 1 amide bonds. The van der Waals surface area contributed by atoms with E-state index in [1.807, 2.05) is 47.7 Å². The lowest BCUT2D eigenvalue weighted by atomic mass is 10.00. The van der Waals surface area contributed by atoms with Gasteiger partial charge in [0.1, 0.15) is 28.5 Å². The fourth-order valence-electron chi connectivity index (χ4n) is 6.60. The van der Waals surface area contributed by atoms with E-state index in [2.05, 4.69) is 10.2 Å². The summed E-state index contributed by atoms with van der Waals surface area (Å²) in [5, 5.41) is 3.69. The molecule has 3 aromatic carbocycles. The molecule has 0 aliphatic carbocycles. The molecule has 4 aromatic heterocycles. The lowest BCUT2D eigenvalue weighted by molar-refractivity contribution is 0.0964. The van der Waals surface area contributed by atoms with Crippen LogP contribution in [0.15, 0.2) is 77.2 Å². The number of fused-ring (bicyclic) bond motifs is 6. The van der Waals surface area contributed by atoms with Crippen molar-refractivity contribution >= 4 is 60.0 Å².